The predicted octanol–water partition coefficient (Wildman–Crippen LogP) is -0.453. The molecule has 0 saturated carbocycles. The van der Waals surface area contributed by atoms with Gasteiger partial charge in [0.15, 0.2) is 5.82 Å². The SMILES string of the molecule is CC(C)c1cc(NC(=O)CNC(=O)CN)n[nH]1. The van der Waals surface area contributed by atoms with E-state index in [2.05, 4.69) is 20.8 Å². The van der Waals surface area contributed by atoms with Gasteiger partial charge in [-0.05, 0) is 5.92 Å². The third kappa shape index (κ3) is 4.23. The highest BCUT2D eigenvalue weighted by molar-refractivity contribution is 5.94. The minimum atomic E-state index is -0.370. The summed E-state index contributed by atoms with van der Waals surface area (Å²) >= 11 is 0. The largest absolute Gasteiger partial charge is 0.346 e. The Balaban J connectivity index is 2.42. The third-order valence-corrected chi connectivity index (χ3v) is 2.12. The smallest absolute Gasteiger partial charge is 0.244 e. The molecule has 0 aliphatic heterocycles. The van der Waals surface area contributed by atoms with Gasteiger partial charge in [0.1, 0.15) is 0 Å². The molecule has 0 atom stereocenters. The molecule has 1 aromatic rings. The number of nitrogens with two attached hydrogens (primary N) is 1. The van der Waals surface area contributed by atoms with Crippen molar-refractivity contribution in [1.29, 1.82) is 0 Å². The van der Waals surface area contributed by atoms with E-state index >= 15 is 0 Å². The summed E-state index contributed by atoms with van der Waals surface area (Å²) in [5.41, 5.74) is 6.02. The molecular weight excluding hydrogens is 222 g/mol. The molecule has 1 rings (SSSR count). The lowest BCUT2D eigenvalue weighted by Gasteiger charge is -2.03. The van der Waals surface area contributed by atoms with Crippen LogP contribution in [0.1, 0.15) is 25.5 Å². The molecule has 0 radical (unpaired) electrons. The fraction of sp³-hybridized carbons (Fsp3) is 0.500. The number of anilines is 1. The maximum Gasteiger partial charge on any atom is 0.244 e. The number of aromatic amines is 1. The van der Waals surface area contributed by atoms with E-state index in [1.165, 1.54) is 0 Å². The molecule has 0 unspecified atom stereocenters. The van der Waals surface area contributed by atoms with Crippen LogP contribution < -0.4 is 16.4 Å². The van der Waals surface area contributed by atoms with Gasteiger partial charge in [-0.1, -0.05) is 13.8 Å². The number of carbonyl (C=O) groups is 2. The van der Waals surface area contributed by atoms with Crippen molar-refractivity contribution < 1.29 is 9.59 Å². The molecule has 1 heterocycles. The van der Waals surface area contributed by atoms with Crippen molar-refractivity contribution in [3.05, 3.63) is 11.8 Å². The Bertz CT molecular complexity index is 399. The van der Waals surface area contributed by atoms with Crippen LogP contribution in [0.5, 0.6) is 0 Å². The highest BCUT2D eigenvalue weighted by Crippen LogP contribution is 2.14. The van der Waals surface area contributed by atoms with Gasteiger partial charge in [-0.25, -0.2) is 0 Å². The average molecular weight is 239 g/mol. The molecule has 17 heavy (non-hydrogen) atoms. The molecule has 94 valence electrons. The Kier molecular flexibility index (Phi) is 4.65. The molecule has 1 aromatic heterocycles. The van der Waals surface area contributed by atoms with E-state index in [4.69, 9.17) is 5.73 Å². The maximum absolute atomic E-state index is 11.4. The van der Waals surface area contributed by atoms with E-state index in [0.29, 0.717) is 11.7 Å². The lowest BCUT2D eigenvalue weighted by Crippen LogP contribution is -2.36. The molecule has 0 saturated heterocycles. The first-order valence-electron chi connectivity index (χ1n) is 5.35. The second kappa shape index (κ2) is 6.00. The van der Waals surface area contributed by atoms with Crippen LogP contribution >= 0.6 is 0 Å². The zero-order valence-corrected chi connectivity index (χ0v) is 9.91. The highest BCUT2D eigenvalue weighted by atomic mass is 16.2. The summed E-state index contributed by atoms with van der Waals surface area (Å²) < 4.78 is 0. The molecule has 0 aliphatic rings. The van der Waals surface area contributed by atoms with Gasteiger partial charge >= 0.3 is 0 Å². The summed E-state index contributed by atoms with van der Waals surface area (Å²) in [6.07, 6.45) is 0. The first kappa shape index (κ1) is 13.2. The highest BCUT2D eigenvalue weighted by Gasteiger charge is 2.08. The Hall–Kier alpha value is -1.89. The Morgan fingerprint density at radius 2 is 2.18 bits per heavy atom. The van der Waals surface area contributed by atoms with Crippen molar-refractivity contribution in [3.8, 4) is 0 Å². The van der Waals surface area contributed by atoms with E-state index in [-0.39, 0.29) is 24.9 Å². The van der Waals surface area contributed by atoms with Crippen LogP contribution in [0, 0.1) is 0 Å². The number of hydrogen-bond donors (Lipinski definition) is 4. The summed E-state index contributed by atoms with van der Waals surface area (Å²) in [5, 5.41) is 11.7. The lowest BCUT2D eigenvalue weighted by molar-refractivity contribution is -0.123. The zero-order valence-electron chi connectivity index (χ0n) is 9.91. The normalized spacial score (nSPS) is 10.4. The Labute approximate surface area is 99.1 Å². The lowest BCUT2D eigenvalue weighted by atomic mass is 10.1. The number of nitrogens with one attached hydrogen (secondary N) is 3. The molecule has 7 nitrogen and oxygen atoms in total. The van der Waals surface area contributed by atoms with Crippen molar-refractivity contribution in [2.45, 2.75) is 19.8 Å². The number of aromatic nitrogens is 2. The van der Waals surface area contributed by atoms with Gasteiger partial charge in [0.2, 0.25) is 11.8 Å². The average Bonchev–Trinajstić information content (AvgIpc) is 2.74. The summed E-state index contributed by atoms with van der Waals surface area (Å²) in [6.45, 7) is 3.79. The Morgan fingerprint density at radius 1 is 1.47 bits per heavy atom. The molecule has 2 amide bonds. The number of hydrogen-bond acceptors (Lipinski definition) is 4. The van der Waals surface area contributed by atoms with E-state index < -0.39 is 0 Å². The topological polar surface area (TPSA) is 113 Å². The summed E-state index contributed by atoms with van der Waals surface area (Å²) in [5.74, 6) is 0.0458. The number of rotatable bonds is 5. The van der Waals surface area contributed by atoms with Crippen molar-refractivity contribution in [3.63, 3.8) is 0 Å². The second-order valence-electron chi connectivity index (χ2n) is 3.89. The van der Waals surface area contributed by atoms with E-state index in [0.717, 1.165) is 5.69 Å². The van der Waals surface area contributed by atoms with Gasteiger partial charge in [0, 0.05) is 11.8 Å². The maximum atomic E-state index is 11.4. The Morgan fingerprint density at radius 3 is 2.71 bits per heavy atom. The van der Waals surface area contributed by atoms with Crippen molar-refractivity contribution in [2.24, 2.45) is 5.73 Å². The monoisotopic (exact) mass is 239 g/mol. The molecule has 5 N–H and O–H groups in total. The number of nitrogens with zero attached hydrogens (tertiary/aromatic N) is 1. The van der Waals surface area contributed by atoms with Crippen molar-refractivity contribution in [2.75, 3.05) is 18.4 Å². The minimum absolute atomic E-state index is 0.111. The molecule has 7 heteroatoms. The number of amides is 2. The summed E-state index contributed by atoms with van der Waals surface area (Å²) in [7, 11) is 0. The predicted molar refractivity (Wildman–Crippen MR) is 63.4 cm³/mol. The number of H-pyrrole nitrogens is 1. The molecule has 0 spiro atoms. The standard InChI is InChI=1S/C10H17N5O2/c1-6(2)7-3-8(15-14-7)13-10(17)5-12-9(16)4-11/h3,6H,4-5,11H2,1-2H3,(H,12,16)(H2,13,14,15,17). The summed E-state index contributed by atoms with van der Waals surface area (Å²) in [6, 6.07) is 1.76. The van der Waals surface area contributed by atoms with Gasteiger partial charge in [-0.3, -0.25) is 14.7 Å². The fourth-order valence-electron chi connectivity index (χ4n) is 1.13. The first-order chi connectivity index (χ1) is 8.02. The van der Waals surface area contributed by atoms with Crippen LogP contribution in [-0.4, -0.2) is 35.1 Å². The molecule has 0 bridgehead atoms. The van der Waals surface area contributed by atoms with Crippen LogP contribution in [0.4, 0.5) is 5.82 Å². The van der Waals surface area contributed by atoms with Gasteiger partial charge in [0.05, 0.1) is 13.1 Å². The van der Waals surface area contributed by atoms with Gasteiger partial charge in [-0.15, -0.1) is 0 Å². The van der Waals surface area contributed by atoms with Crippen LogP contribution in [0.25, 0.3) is 0 Å². The van der Waals surface area contributed by atoms with Gasteiger partial charge in [0.25, 0.3) is 0 Å². The van der Waals surface area contributed by atoms with Crippen molar-refractivity contribution in [1.82, 2.24) is 15.5 Å². The van der Waals surface area contributed by atoms with Crippen LogP contribution in [0.3, 0.4) is 0 Å². The minimum Gasteiger partial charge on any atom is -0.346 e. The molecular formula is C10H17N5O2. The van der Waals surface area contributed by atoms with Crippen LogP contribution in [0.2, 0.25) is 0 Å². The second-order valence-corrected chi connectivity index (χ2v) is 3.89. The van der Waals surface area contributed by atoms with Crippen LogP contribution in [0.15, 0.2) is 6.07 Å². The van der Waals surface area contributed by atoms with Crippen molar-refractivity contribution >= 4 is 17.6 Å². The van der Waals surface area contributed by atoms with Gasteiger partial charge in [-0.2, -0.15) is 5.10 Å². The first-order valence-corrected chi connectivity index (χ1v) is 5.35. The van der Waals surface area contributed by atoms with Crippen LogP contribution in [-0.2, 0) is 9.59 Å². The van der Waals surface area contributed by atoms with E-state index in [1.54, 1.807) is 6.07 Å². The fourth-order valence-corrected chi connectivity index (χ4v) is 1.13. The molecule has 0 aromatic carbocycles. The third-order valence-electron chi connectivity index (χ3n) is 2.12. The van der Waals surface area contributed by atoms with E-state index in [9.17, 15) is 9.59 Å². The zero-order chi connectivity index (χ0) is 12.8. The quantitative estimate of drug-likeness (QED) is 0.557. The van der Waals surface area contributed by atoms with Gasteiger partial charge < -0.3 is 16.4 Å². The molecule has 0 aliphatic carbocycles. The summed E-state index contributed by atoms with van der Waals surface area (Å²) in [4.78, 5) is 22.2. The number of carbonyl (C=O) groups excluding carboxylic acids is 2. The molecule has 0 fully saturated rings. The van der Waals surface area contributed by atoms with E-state index in [1.807, 2.05) is 13.8 Å².